The average Bonchev–Trinajstić information content (AvgIpc) is 1.89. The lowest BCUT2D eigenvalue weighted by Gasteiger charge is -2.13. The molecule has 0 bridgehead atoms. The quantitative estimate of drug-likeness (QED) is 0.340. The van der Waals surface area contributed by atoms with Crippen molar-refractivity contribution in [3.63, 3.8) is 0 Å². The Morgan fingerprint density at radius 1 is 1.60 bits per heavy atom. The predicted octanol–water partition coefficient (Wildman–Crippen LogP) is 2.51. The zero-order chi connectivity index (χ0) is 8.04. The first-order valence-electron chi connectivity index (χ1n) is 3.30. The van der Waals surface area contributed by atoms with E-state index in [2.05, 4.69) is 11.6 Å². The van der Waals surface area contributed by atoms with Gasteiger partial charge in [0.1, 0.15) is 0 Å². The molecule has 0 rings (SSSR count). The van der Waals surface area contributed by atoms with Crippen LogP contribution in [0.3, 0.4) is 0 Å². The number of hydrogen-bond donors (Lipinski definition) is 0. The number of aliphatic imine (C=N–C) groups is 1. The molecule has 0 amide bonds. The first-order chi connectivity index (χ1) is 4.62. The minimum atomic E-state index is 0.0184. The van der Waals surface area contributed by atoms with Crippen LogP contribution in [0, 0.1) is 5.41 Å². The van der Waals surface area contributed by atoms with E-state index in [1.54, 1.807) is 6.08 Å². The summed E-state index contributed by atoms with van der Waals surface area (Å²) in [5, 5.41) is 0. The molecule has 0 unspecified atom stereocenters. The number of nitrogens with zero attached hydrogens (tertiary/aromatic N) is 1. The van der Waals surface area contributed by atoms with Gasteiger partial charge in [0.15, 0.2) is 0 Å². The lowest BCUT2D eigenvalue weighted by molar-refractivity contribution is 0.613. The smallest absolute Gasteiger partial charge is 0.0564 e. The zero-order valence-electron chi connectivity index (χ0n) is 6.60. The number of rotatable bonds is 4. The maximum Gasteiger partial charge on any atom is 0.0564 e. The van der Waals surface area contributed by atoms with E-state index in [-0.39, 0.29) is 5.41 Å². The van der Waals surface area contributed by atoms with Crippen molar-refractivity contribution >= 4 is 17.8 Å². The number of alkyl halides is 1. The van der Waals surface area contributed by atoms with Gasteiger partial charge in [-0.2, -0.15) is 0 Å². The van der Waals surface area contributed by atoms with Crippen LogP contribution in [0.15, 0.2) is 17.6 Å². The van der Waals surface area contributed by atoms with Crippen molar-refractivity contribution < 1.29 is 0 Å². The summed E-state index contributed by atoms with van der Waals surface area (Å²) in [6.45, 7) is 8.34. The van der Waals surface area contributed by atoms with E-state index in [4.69, 9.17) is 11.6 Å². The molecule has 0 aromatic heterocycles. The third kappa shape index (κ3) is 4.57. The molecule has 1 nitrogen and oxygen atoms in total. The minimum absolute atomic E-state index is 0.0184. The summed E-state index contributed by atoms with van der Waals surface area (Å²) in [4.78, 5) is 4.10. The Kier molecular flexibility index (Phi) is 4.37. The normalized spacial score (nSPS) is 12.3. The van der Waals surface area contributed by atoms with E-state index in [1.807, 2.05) is 20.1 Å². The summed E-state index contributed by atoms with van der Waals surface area (Å²) in [5.74, 6) is 0.605. The lowest BCUT2D eigenvalue weighted by atomic mass is 9.99. The number of halogens is 1. The van der Waals surface area contributed by atoms with Crippen LogP contribution in [0.4, 0.5) is 0 Å². The van der Waals surface area contributed by atoms with Gasteiger partial charge in [-0.1, -0.05) is 19.9 Å². The van der Waals surface area contributed by atoms with Crippen LogP contribution in [0.5, 0.6) is 0 Å². The second-order valence-electron chi connectivity index (χ2n) is 2.91. The van der Waals surface area contributed by atoms with Gasteiger partial charge < -0.3 is 0 Å². The Labute approximate surface area is 67.8 Å². The Balaban J connectivity index is 3.73. The lowest BCUT2D eigenvalue weighted by Crippen LogP contribution is -2.14. The van der Waals surface area contributed by atoms with Crippen molar-refractivity contribution in [1.82, 2.24) is 0 Å². The summed E-state index contributed by atoms with van der Waals surface area (Å²) < 4.78 is 0. The Bertz CT molecular complexity index is 127. The Morgan fingerprint density at radius 3 is 2.60 bits per heavy atom. The van der Waals surface area contributed by atoms with Gasteiger partial charge in [-0.15, -0.1) is 18.2 Å². The first kappa shape index (κ1) is 9.70. The molecule has 0 saturated carbocycles. The predicted molar refractivity (Wildman–Crippen MR) is 48.1 cm³/mol. The van der Waals surface area contributed by atoms with Crippen LogP contribution >= 0.6 is 11.6 Å². The fourth-order valence-electron chi connectivity index (χ4n) is 0.409. The van der Waals surface area contributed by atoms with Crippen LogP contribution < -0.4 is 0 Å². The van der Waals surface area contributed by atoms with Gasteiger partial charge in [0.05, 0.1) is 6.54 Å². The van der Waals surface area contributed by atoms with Gasteiger partial charge in [0, 0.05) is 17.5 Å². The topological polar surface area (TPSA) is 12.4 Å². The van der Waals surface area contributed by atoms with E-state index in [1.165, 1.54) is 0 Å². The van der Waals surface area contributed by atoms with E-state index in [9.17, 15) is 0 Å². The minimum Gasteiger partial charge on any atom is -0.293 e. The van der Waals surface area contributed by atoms with Crippen LogP contribution in [0.2, 0.25) is 0 Å². The highest BCUT2D eigenvalue weighted by Crippen LogP contribution is 2.12. The molecule has 0 aliphatic heterocycles. The third-order valence-electron chi connectivity index (χ3n) is 1.02. The Morgan fingerprint density at radius 2 is 2.20 bits per heavy atom. The van der Waals surface area contributed by atoms with Crippen molar-refractivity contribution in [1.29, 1.82) is 0 Å². The van der Waals surface area contributed by atoms with E-state index >= 15 is 0 Å². The monoisotopic (exact) mass is 159 g/mol. The molecule has 0 aliphatic carbocycles. The molecule has 0 aliphatic rings. The third-order valence-corrected chi connectivity index (χ3v) is 1.71. The largest absolute Gasteiger partial charge is 0.293 e. The summed E-state index contributed by atoms with van der Waals surface area (Å²) in [7, 11) is 0. The SMILES string of the molecule is C=CCN=CC(C)(C)CCl. The van der Waals surface area contributed by atoms with Gasteiger partial charge in [0.25, 0.3) is 0 Å². The maximum atomic E-state index is 5.66. The number of hydrogen-bond acceptors (Lipinski definition) is 1. The second-order valence-corrected chi connectivity index (χ2v) is 3.17. The molecule has 0 fully saturated rings. The zero-order valence-corrected chi connectivity index (χ0v) is 7.36. The van der Waals surface area contributed by atoms with Crippen LogP contribution in [0.25, 0.3) is 0 Å². The molecule has 0 atom stereocenters. The molecule has 0 aromatic carbocycles. The molecule has 0 N–H and O–H groups in total. The van der Waals surface area contributed by atoms with Crippen molar-refractivity contribution in [2.75, 3.05) is 12.4 Å². The van der Waals surface area contributed by atoms with E-state index < -0.39 is 0 Å². The Hall–Kier alpha value is -0.300. The van der Waals surface area contributed by atoms with Gasteiger partial charge in [-0.05, 0) is 0 Å². The molecular weight excluding hydrogens is 146 g/mol. The summed E-state index contributed by atoms with van der Waals surface area (Å²) >= 11 is 5.66. The average molecular weight is 160 g/mol. The molecule has 10 heavy (non-hydrogen) atoms. The van der Waals surface area contributed by atoms with Crippen LogP contribution in [-0.2, 0) is 0 Å². The van der Waals surface area contributed by atoms with Crippen LogP contribution in [0.1, 0.15) is 13.8 Å². The molecule has 58 valence electrons. The molecular formula is C8H14ClN. The second kappa shape index (κ2) is 4.51. The fourth-order valence-corrected chi connectivity index (χ4v) is 0.478. The summed E-state index contributed by atoms with van der Waals surface area (Å²) in [5.41, 5.74) is 0.0184. The molecule has 0 radical (unpaired) electrons. The van der Waals surface area contributed by atoms with E-state index in [0.717, 1.165) is 0 Å². The highest BCUT2D eigenvalue weighted by Gasteiger charge is 2.11. The standard InChI is InChI=1S/C8H14ClN/c1-4-5-10-7-8(2,3)6-9/h4,7H,1,5-6H2,2-3H3. The summed E-state index contributed by atoms with van der Waals surface area (Å²) in [6.07, 6.45) is 3.64. The molecule has 0 heterocycles. The highest BCUT2D eigenvalue weighted by atomic mass is 35.5. The van der Waals surface area contributed by atoms with Gasteiger partial charge >= 0.3 is 0 Å². The molecule has 0 aromatic rings. The van der Waals surface area contributed by atoms with Crippen molar-refractivity contribution in [3.8, 4) is 0 Å². The van der Waals surface area contributed by atoms with Gasteiger partial charge in [-0.3, -0.25) is 4.99 Å². The van der Waals surface area contributed by atoms with E-state index in [0.29, 0.717) is 12.4 Å². The molecule has 0 spiro atoms. The fraction of sp³-hybridized carbons (Fsp3) is 0.625. The van der Waals surface area contributed by atoms with Crippen molar-refractivity contribution in [2.24, 2.45) is 10.4 Å². The highest BCUT2D eigenvalue weighted by molar-refractivity contribution is 6.19. The maximum absolute atomic E-state index is 5.66. The van der Waals surface area contributed by atoms with Crippen LogP contribution in [-0.4, -0.2) is 18.6 Å². The van der Waals surface area contributed by atoms with Crippen molar-refractivity contribution in [2.45, 2.75) is 13.8 Å². The summed E-state index contributed by atoms with van der Waals surface area (Å²) in [6, 6.07) is 0. The van der Waals surface area contributed by atoms with Crippen molar-refractivity contribution in [3.05, 3.63) is 12.7 Å². The molecule has 0 saturated heterocycles. The molecule has 2 heteroatoms. The van der Waals surface area contributed by atoms with Gasteiger partial charge in [0.2, 0.25) is 0 Å². The first-order valence-corrected chi connectivity index (χ1v) is 3.83. The van der Waals surface area contributed by atoms with Gasteiger partial charge in [-0.25, -0.2) is 0 Å².